The number of ether oxygens (including phenoxy) is 4. The molecule has 334 valence electrons. The first kappa shape index (κ1) is 46.9. The number of morpholine rings is 1. The number of hydrogen-bond acceptors (Lipinski definition) is 16. The van der Waals surface area contributed by atoms with Crippen LogP contribution in [0.15, 0.2) is 47.2 Å². The molecular weight excluding hydrogens is 841 g/mol. The molecule has 5 rings (SSSR count). The van der Waals surface area contributed by atoms with Crippen molar-refractivity contribution < 1.29 is 64.7 Å². The number of anilines is 1. The van der Waals surface area contributed by atoms with E-state index in [0.717, 1.165) is 66.3 Å². The van der Waals surface area contributed by atoms with E-state index in [-0.39, 0.29) is 10.8 Å². The minimum Gasteiger partial charge on any atom is -0.489 e. The standard InChI is InChI=1S/C38H52N8O13S2/c1-36(2,3)56-33(49)28(22-55-26-12-10-24(11-13-26)25-20-39-44(21-25)14-15-46(9)16-18-54-19-17-46)58-43-29(27-23-60-34(40-27)42-35(50)57-37(4,5)6)31(47)41-30-32(48)45(38(30,7)8)59-61(51,52)53/h10-13,20-21,23,28,30H,14-19,22H2,1-9H3,(H2-,40,41,42,47,50,51,52,53)/p+1. The summed E-state index contributed by atoms with van der Waals surface area (Å²) in [5, 5.41) is 15.2. The highest BCUT2D eigenvalue weighted by Crippen LogP contribution is 2.33. The number of hydrogen-bond donors (Lipinski definition) is 3. The summed E-state index contributed by atoms with van der Waals surface area (Å²) in [6, 6.07) is 5.72. The van der Waals surface area contributed by atoms with Crippen LogP contribution in [0.4, 0.5) is 9.93 Å². The van der Waals surface area contributed by atoms with Gasteiger partial charge in [0, 0.05) is 17.1 Å². The minimum atomic E-state index is -5.07. The number of nitrogens with one attached hydrogen (secondary N) is 2. The largest absolute Gasteiger partial charge is 0.489 e. The van der Waals surface area contributed by atoms with Gasteiger partial charge in [-0.05, 0) is 73.1 Å². The van der Waals surface area contributed by atoms with Crippen molar-refractivity contribution in [2.75, 3.05) is 51.8 Å². The Balaban J connectivity index is 1.34. The van der Waals surface area contributed by atoms with Gasteiger partial charge in [0.2, 0.25) is 0 Å². The van der Waals surface area contributed by atoms with E-state index in [1.807, 2.05) is 23.0 Å². The molecule has 0 bridgehead atoms. The van der Waals surface area contributed by atoms with E-state index < -0.39 is 75.5 Å². The molecular formula is C38H53N8O13S2+. The Morgan fingerprint density at radius 1 is 1.07 bits per heavy atom. The molecule has 3 aromatic rings. The molecule has 3 amide bonds. The Morgan fingerprint density at radius 3 is 2.33 bits per heavy atom. The van der Waals surface area contributed by atoms with E-state index in [2.05, 4.69) is 37.2 Å². The molecule has 0 aliphatic carbocycles. The first-order valence-electron chi connectivity index (χ1n) is 19.2. The van der Waals surface area contributed by atoms with E-state index in [9.17, 15) is 27.6 Å². The Bertz CT molecular complexity index is 2200. The van der Waals surface area contributed by atoms with Crippen molar-refractivity contribution >= 4 is 56.5 Å². The number of esters is 1. The number of oxime groups is 1. The summed E-state index contributed by atoms with van der Waals surface area (Å²) in [6.07, 6.45) is 1.39. The molecule has 21 nitrogen and oxygen atoms in total. The number of hydroxylamine groups is 2. The maximum absolute atomic E-state index is 13.8. The van der Waals surface area contributed by atoms with Gasteiger partial charge in [-0.3, -0.25) is 24.1 Å². The van der Waals surface area contributed by atoms with Gasteiger partial charge in [-0.1, -0.05) is 17.3 Å². The first-order chi connectivity index (χ1) is 28.3. The molecule has 0 saturated carbocycles. The van der Waals surface area contributed by atoms with Crippen molar-refractivity contribution in [2.45, 2.75) is 90.8 Å². The third-order valence-corrected chi connectivity index (χ3v) is 10.4. The van der Waals surface area contributed by atoms with E-state index in [4.69, 9.17) is 28.3 Å². The predicted octanol–water partition coefficient (Wildman–Crippen LogP) is 3.18. The molecule has 2 aliphatic heterocycles. The van der Waals surface area contributed by atoms with Crippen molar-refractivity contribution in [2.24, 2.45) is 5.16 Å². The molecule has 2 unspecified atom stereocenters. The lowest BCUT2D eigenvalue weighted by molar-refractivity contribution is -0.917. The van der Waals surface area contributed by atoms with Crippen LogP contribution in [-0.4, -0.2) is 142 Å². The molecule has 2 aromatic heterocycles. The van der Waals surface area contributed by atoms with Gasteiger partial charge in [0.25, 0.3) is 17.9 Å². The van der Waals surface area contributed by atoms with Crippen LogP contribution < -0.4 is 15.4 Å². The second-order valence-corrected chi connectivity index (χ2v) is 19.0. The van der Waals surface area contributed by atoms with Crippen LogP contribution in [0.1, 0.15) is 61.1 Å². The lowest BCUT2D eigenvalue weighted by Crippen LogP contribution is -2.76. The number of aromatic nitrogens is 3. The normalized spacial score (nSPS) is 18.4. The summed E-state index contributed by atoms with van der Waals surface area (Å²) < 4.78 is 61.3. The fraction of sp³-hybridized carbons (Fsp3) is 0.553. The van der Waals surface area contributed by atoms with Gasteiger partial charge >= 0.3 is 22.5 Å². The highest BCUT2D eigenvalue weighted by Gasteiger charge is 2.58. The molecule has 23 heteroatoms. The highest BCUT2D eigenvalue weighted by molar-refractivity contribution is 7.80. The number of carbonyl (C=O) groups is 4. The first-order valence-corrected chi connectivity index (χ1v) is 21.5. The van der Waals surface area contributed by atoms with Crippen molar-refractivity contribution in [3.63, 3.8) is 0 Å². The third-order valence-electron chi connectivity index (χ3n) is 9.27. The number of nitrogens with zero attached hydrogens (tertiary/aromatic N) is 6. The maximum Gasteiger partial charge on any atom is 0.418 e. The SMILES string of the molecule is CC(C)(C)OC(=O)Nc1nc(C(=NOC(COc2ccc(-c3cnn(CC[N+]4(C)CCOCC4)c3)cc2)C(=O)OC(C)(C)C)C(=O)NC2C(=O)N(OS(=O)(=O)O)C2(C)C)cs1. The van der Waals surface area contributed by atoms with Gasteiger partial charge in [-0.25, -0.2) is 14.6 Å². The lowest BCUT2D eigenvalue weighted by atomic mass is 9.84. The monoisotopic (exact) mass is 893 g/mol. The molecule has 4 heterocycles. The van der Waals surface area contributed by atoms with E-state index in [1.165, 1.54) is 19.2 Å². The Hall–Kier alpha value is -5.20. The number of carbonyl (C=O) groups excluding carboxylic acids is 4. The van der Waals surface area contributed by atoms with Crippen LogP contribution in [0.5, 0.6) is 5.75 Å². The summed E-state index contributed by atoms with van der Waals surface area (Å²) in [6.45, 7) is 17.4. The number of quaternary nitrogens is 1. The number of rotatable bonds is 16. The van der Waals surface area contributed by atoms with Crippen LogP contribution in [0, 0.1) is 0 Å². The van der Waals surface area contributed by atoms with Gasteiger partial charge in [0.15, 0.2) is 10.8 Å². The summed E-state index contributed by atoms with van der Waals surface area (Å²) in [5.41, 5.74) is -2.17. The van der Waals surface area contributed by atoms with Crippen LogP contribution >= 0.6 is 11.3 Å². The van der Waals surface area contributed by atoms with Crippen LogP contribution in [0.25, 0.3) is 11.1 Å². The number of amides is 3. The van der Waals surface area contributed by atoms with Gasteiger partial charge in [-0.2, -0.15) is 18.6 Å². The molecule has 2 atom stereocenters. The molecule has 0 spiro atoms. The quantitative estimate of drug-likeness (QED) is 0.0467. The number of benzene rings is 1. The molecule has 2 fully saturated rings. The molecule has 2 saturated heterocycles. The van der Waals surface area contributed by atoms with Crippen LogP contribution in [-0.2, 0) is 54.7 Å². The van der Waals surface area contributed by atoms with Crippen molar-refractivity contribution in [3.05, 3.63) is 47.7 Å². The molecule has 0 radical (unpaired) electrons. The Kier molecular flexibility index (Phi) is 14.1. The minimum absolute atomic E-state index is 0.00364. The zero-order valence-corrected chi connectivity index (χ0v) is 37.1. The van der Waals surface area contributed by atoms with Crippen LogP contribution in [0.2, 0.25) is 0 Å². The van der Waals surface area contributed by atoms with Crippen molar-refractivity contribution in [1.29, 1.82) is 0 Å². The number of β-lactam (4-membered cyclic amide) rings is 1. The van der Waals surface area contributed by atoms with Gasteiger partial charge in [0.05, 0.1) is 45.1 Å². The molecule has 3 N–H and O–H groups in total. The highest BCUT2D eigenvalue weighted by atomic mass is 32.3. The zero-order valence-electron chi connectivity index (χ0n) is 35.5. The summed E-state index contributed by atoms with van der Waals surface area (Å²) in [5.74, 6) is -2.57. The molecule has 61 heavy (non-hydrogen) atoms. The second kappa shape index (κ2) is 18.4. The second-order valence-electron chi connectivity index (χ2n) is 17.2. The number of likely N-dealkylation sites (N-methyl/N-ethyl adjacent to an activating group) is 1. The van der Waals surface area contributed by atoms with Gasteiger partial charge < -0.3 is 33.6 Å². The molecule has 1 aromatic carbocycles. The Labute approximate surface area is 357 Å². The zero-order chi connectivity index (χ0) is 45.0. The van der Waals surface area contributed by atoms with E-state index >= 15 is 0 Å². The average molecular weight is 894 g/mol. The third kappa shape index (κ3) is 13.1. The summed E-state index contributed by atoms with van der Waals surface area (Å²) >= 11 is 0.904. The average Bonchev–Trinajstić information content (AvgIpc) is 3.82. The number of thiazole rings is 1. The molecule has 2 aliphatic rings. The van der Waals surface area contributed by atoms with Crippen LogP contribution in [0.3, 0.4) is 0 Å². The van der Waals surface area contributed by atoms with E-state index in [1.54, 1.807) is 59.9 Å². The fourth-order valence-corrected chi connectivity index (χ4v) is 7.12. The van der Waals surface area contributed by atoms with Crippen molar-refractivity contribution in [3.8, 4) is 16.9 Å². The lowest BCUT2D eigenvalue weighted by Gasteiger charge is -2.50. The maximum atomic E-state index is 13.8. The smallest absolute Gasteiger partial charge is 0.418 e. The Morgan fingerprint density at radius 2 is 1.72 bits per heavy atom. The summed E-state index contributed by atoms with van der Waals surface area (Å²) in [7, 11) is -2.85. The van der Waals surface area contributed by atoms with Gasteiger partial charge in [0.1, 0.15) is 48.4 Å². The predicted molar refractivity (Wildman–Crippen MR) is 219 cm³/mol. The summed E-state index contributed by atoms with van der Waals surface area (Å²) in [4.78, 5) is 62.5. The van der Waals surface area contributed by atoms with Crippen molar-refractivity contribution in [1.82, 2.24) is 25.1 Å². The topological polar surface area (TPSA) is 248 Å². The van der Waals surface area contributed by atoms with E-state index in [0.29, 0.717) is 10.8 Å². The van der Waals surface area contributed by atoms with Gasteiger partial charge in [-0.15, -0.1) is 15.6 Å². The fourth-order valence-electron chi connectivity index (χ4n) is 5.98.